The largest absolute Gasteiger partial charge is 0.507 e. The van der Waals surface area contributed by atoms with Gasteiger partial charge in [-0.15, -0.1) is 0 Å². The van der Waals surface area contributed by atoms with Gasteiger partial charge in [0, 0.05) is 5.56 Å². The van der Waals surface area contributed by atoms with Crippen LogP contribution in [-0.2, 0) is 6.42 Å². The number of hydrogen-bond donors (Lipinski definition) is 1. The van der Waals surface area contributed by atoms with Crippen LogP contribution in [0.5, 0.6) is 5.75 Å². The number of rotatable bonds is 2. The summed E-state index contributed by atoms with van der Waals surface area (Å²) in [4.78, 5) is 0. The first-order valence-corrected chi connectivity index (χ1v) is 4.14. The Morgan fingerprint density at radius 2 is 2.17 bits per heavy atom. The van der Waals surface area contributed by atoms with Crippen LogP contribution in [0.4, 0.5) is 0 Å². The molecular weight excluding hydrogens is 148 g/mol. The highest BCUT2D eigenvalue weighted by Crippen LogP contribution is 2.24. The Morgan fingerprint density at radius 1 is 1.50 bits per heavy atom. The zero-order chi connectivity index (χ0) is 9.14. The molecule has 0 aliphatic carbocycles. The summed E-state index contributed by atoms with van der Waals surface area (Å²) in [6.07, 6.45) is 2.69. The minimum atomic E-state index is 0.319. The maximum atomic E-state index is 9.44. The molecule has 1 aromatic rings. The second-order valence-corrected chi connectivity index (χ2v) is 2.84. The average molecular weight is 162 g/mol. The lowest BCUT2D eigenvalue weighted by Crippen LogP contribution is -1.89. The van der Waals surface area contributed by atoms with Gasteiger partial charge in [0.05, 0.1) is 0 Å². The predicted octanol–water partition coefficient (Wildman–Crippen LogP) is 2.91. The van der Waals surface area contributed by atoms with Crippen LogP contribution in [0.2, 0.25) is 0 Å². The van der Waals surface area contributed by atoms with Crippen LogP contribution in [0.3, 0.4) is 0 Å². The van der Waals surface area contributed by atoms with Crippen molar-refractivity contribution >= 4 is 6.08 Å². The quantitative estimate of drug-likeness (QED) is 0.709. The molecule has 1 nitrogen and oxygen atoms in total. The van der Waals surface area contributed by atoms with E-state index in [2.05, 4.69) is 13.5 Å². The molecule has 0 spiro atoms. The van der Waals surface area contributed by atoms with Crippen LogP contribution in [0.25, 0.3) is 6.08 Å². The molecule has 12 heavy (non-hydrogen) atoms. The van der Waals surface area contributed by atoms with Crippen LogP contribution in [-0.4, -0.2) is 5.11 Å². The van der Waals surface area contributed by atoms with Crippen molar-refractivity contribution in [2.24, 2.45) is 0 Å². The van der Waals surface area contributed by atoms with E-state index in [4.69, 9.17) is 0 Å². The topological polar surface area (TPSA) is 20.2 Å². The van der Waals surface area contributed by atoms with Gasteiger partial charge in [-0.25, -0.2) is 0 Å². The number of benzene rings is 1. The molecule has 0 saturated carbocycles. The summed E-state index contributed by atoms with van der Waals surface area (Å²) < 4.78 is 0. The molecule has 0 bridgehead atoms. The number of aromatic hydroxyl groups is 1. The van der Waals surface area contributed by atoms with Gasteiger partial charge in [0.15, 0.2) is 0 Å². The van der Waals surface area contributed by atoms with Gasteiger partial charge >= 0.3 is 0 Å². The molecule has 0 atom stereocenters. The van der Waals surface area contributed by atoms with Crippen molar-refractivity contribution in [1.29, 1.82) is 0 Å². The van der Waals surface area contributed by atoms with E-state index in [1.807, 2.05) is 13.0 Å². The van der Waals surface area contributed by atoms with E-state index in [0.717, 1.165) is 17.5 Å². The normalized spacial score (nSPS) is 9.83. The zero-order valence-corrected chi connectivity index (χ0v) is 7.59. The highest BCUT2D eigenvalue weighted by molar-refractivity contribution is 5.61. The molecule has 0 heterocycles. The molecule has 64 valence electrons. The van der Waals surface area contributed by atoms with Crippen molar-refractivity contribution in [3.05, 3.63) is 35.4 Å². The number of aryl methyl sites for hydroxylation is 1. The lowest BCUT2D eigenvalue weighted by atomic mass is 10.00. The number of hydrogen-bond acceptors (Lipinski definition) is 1. The summed E-state index contributed by atoms with van der Waals surface area (Å²) in [5, 5.41) is 9.44. The van der Waals surface area contributed by atoms with Gasteiger partial charge in [0.25, 0.3) is 0 Å². The van der Waals surface area contributed by atoms with E-state index in [1.165, 1.54) is 5.56 Å². The summed E-state index contributed by atoms with van der Waals surface area (Å²) in [6, 6.07) is 3.68. The molecular formula is C11H14O. The molecule has 0 radical (unpaired) electrons. The van der Waals surface area contributed by atoms with Crippen molar-refractivity contribution in [2.75, 3.05) is 0 Å². The summed E-state index contributed by atoms with van der Waals surface area (Å²) in [6.45, 7) is 7.78. The number of phenols is 1. The van der Waals surface area contributed by atoms with Crippen molar-refractivity contribution in [3.63, 3.8) is 0 Å². The summed E-state index contributed by atoms with van der Waals surface area (Å²) >= 11 is 0. The van der Waals surface area contributed by atoms with Gasteiger partial charge in [0.2, 0.25) is 0 Å². The first-order chi connectivity index (χ1) is 5.70. The van der Waals surface area contributed by atoms with Crippen LogP contribution >= 0.6 is 0 Å². The Balaban J connectivity index is 3.33. The van der Waals surface area contributed by atoms with E-state index >= 15 is 0 Å². The zero-order valence-electron chi connectivity index (χ0n) is 7.59. The average Bonchev–Trinajstić information content (AvgIpc) is 2.06. The van der Waals surface area contributed by atoms with E-state index in [1.54, 1.807) is 12.1 Å². The van der Waals surface area contributed by atoms with Gasteiger partial charge in [-0.2, -0.15) is 0 Å². The summed E-state index contributed by atoms with van der Waals surface area (Å²) in [7, 11) is 0. The fourth-order valence-electron chi connectivity index (χ4n) is 1.40. The Morgan fingerprint density at radius 3 is 2.67 bits per heavy atom. The molecule has 0 amide bonds. The fourth-order valence-corrected chi connectivity index (χ4v) is 1.40. The lowest BCUT2D eigenvalue weighted by molar-refractivity contribution is 0.473. The molecule has 0 fully saturated rings. The Hall–Kier alpha value is -1.24. The minimum absolute atomic E-state index is 0.319. The molecule has 0 aliphatic heterocycles. The van der Waals surface area contributed by atoms with Crippen molar-refractivity contribution < 1.29 is 5.11 Å². The first-order valence-electron chi connectivity index (χ1n) is 4.14. The SMILES string of the molecule is C=Cc1c(O)ccc(CC)c1C. The van der Waals surface area contributed by atoms with E-state index in [0.29, 0.717) is 5.75 Å². The Labute approximate surface area is 73.4 Å². The molecule has 1 aromatic carbocycles. The van der Waals surface area contributed by atoms with Gasteiger partial charge in [-0.1, -0.05) is 25.6 Å². The molecule has 1 N–H and O–H groups in total. The van der Waals surface area contributed by atoms with Gasteiger partial charge in [-0.05, 0) is 30.5 Å². The van der Waals surface area contributed by atoms with E-state index < -0.39 is 0 Å². The highest BCUT2D eigenvalue weighted by atomic mass is 16.3. The molecule has 0 saturated heterocycles. The summed E-state index contributed by atoms with van der Waals surface area (Å²) in [5.74, 6) is 0.319. The molecule has 1 rings (SSSR count). The van der Waals surface area contributed by atoms with Crippen LogP contribution in [0, 0.1) is 6.92 Å². The molecule has 0 aliphatic rings. The second-order valence-electron chi connectivity index (χ2n) is 2.84. The van der Waals surface area contributed by atoms with E-state index in [-0.39, 0.29) is 0 Å². The fraction of sp³-hybridized carbons (Fsp3) is 0.273. The number of phenolic OH excluding ortho intramolecular Hbond substituents is 1. The Kier molecular flexibility index (Phi) is 2.54. The van der Waals surface area contributed by atoms with Crippen molar-refractivity contribution in [1.82, 2.24) is 0 Å². The van der Waals surface area contributed by atoms with Crippen molar-refractivity contribution in [3.8, 4) is 5.75 Å². The molecule has 0 aromatic heterocycles. The lowest BCUT2D eigenvalue weighted by Gasteiger charge is -2.08. The smallest absolute Gasteiger partial charge is 0.123 e. The molecule has 0 unspecified atom stereocenters. The van der Waals surface area contributed by atoms with Crippen LogP contribution in [0.15, 0.2) is 18.7 Å². The third kappa shape index (κ3) is 1.35. The molecule has 1 heteroatoms. The second kappa shape index (κ2) is 3.44. The van der Waals surface area contributed by atoms with Gasteiger partial charge in [0.1, 0.15) is 5.75 Å². The standard InChI is InChI=1S/C11H14O/c1-4-9-6-7-11(12)10(5-2)8(9)3/h5-7,12H,2,4H2,1,3H3. The van der Waals surface area contributed by atoms with Crippen LogP contribution < -0.4 is 0 Å². The first kappa shape index (κ1) is 8.85. The maximum Gasteiger partial charge on any atom is 0.123 e. The van der Waals surface area contributed by atoms with E-state index in [9.17, 15) is 5.11 Å². The van der Waals surface area contributed by atoms with Crippen LogP contribution in [0.1, 0.15) is 23.6 Å². The van der Waals surface area contributed by atoms with Gasteiger partial charge in [-0.3, -0.25) is 0 Å². The predicted molar refractivity (Wildman–Crippen MR) is 52.3 cm³/mol. The Bertz CT molecular complexity index is 300. The monoisotopic (exact) mass is 162 g/mol. The maximum absolute atomic E-state index is 9.44. The van der Waals surface area contributed by atoms with Crippen molar-refractivity contribution in [2.45, 2.75) is 20.3 Å². The third-order valence-electron chi connectivity index (χ3n) is 2.19. The minimum Gasteiger partial charge on any atom is -0.507 e. The summed E-state index contributed by atoms with van der Waals surface area (Å²) in [5.41, 5.74) is 3.25. The highest BCUT2D eigenvalue weighted by Gasteiger charge is 2.04. The van der Waals surface area contributed by atoms with Gasteiger partial charge < -0.3 is 5.11 Å². The third-order valence-corrected chi connectivity index (χ3v) is 2.19.